The Morgan fingerprint density at radius 2 is 1.67 bits per heavy atom. The Balaban J connectivity index is 1.88. The summed E-state index contributed by atoms with van der Waals surface area (Å²) in [6.45, 7) is 0.00730. The average molecular weight is 313 g/mol. The number of rotatable bonds is 6. The van der Waals surface area contributed by atoms with Gasteiger partial charge < -0.3 is 4.74 Å². The molecule has 0 aliphatic rings. The highest BCUT2D eigenvalue weighted by Gasteiger charge is 2.17. The van der Waals surface area contributed by atoms with Crippen LogP contribution in [0.15, 0.2) is 53.4 Å². The van der Waals surface area contributed by atoms with E-state index in [1.807, 2.05) is 0 Å². The van der Waals surface area contributed by atoms with Crippen molar-refractivity contribution in [2.75, 3.05) is 13.2 Å². The smallest absolute Gasteiger partial charge is 0.243 e. The third kappa shape index (κ3) is 4.24. The highest BCUT2D eigenvalue weighted by atomic mass is 32.2. The van der Waals surface area contributed by atoms with Crippen molar-refractivity contribution >= 4 is 10.0 Å². The van der Waals surface area contributed by atoms with E-state index in [-0.39, 0.29) is 19.0 Å². The molecule has 112 valence electrons. The number of halogens is 2. The number of hydrogen-bond acceptors (Lipinski definition) is 3. The molecule has 0 aliphatic heterocycles. The van der Waals surface area contributed by atoms with Gasteiger partial charge in [0, 0.05) is 6.54 Å². The molecule has 0 aromatic heterocycles. The van der Waals surface area contributed by atoms with Crippen molar-refractivity contribution in [2.45, 2.75) is 4.90 Å². The summed E-state index contributed by atoms with van der Waals surface area (Å²) < 4.78 is 57.3. The van der Waals surface area contributed by atoms with Crippen LogP contribution in [0.4, 0.5) is 8.78 Å². The highest BCUT2D eigenvalue weighted by Crippen LogP contribution is 2.13. The lowest BCUT2D eigenvalue weighted by molar-refractivity contribution is 0.322. The molecule has 0 bridgehead atoms. The first-order valence-electron chi connectivity index (χ1n) is 6.11. The van der Waals surface area contributed by atoms with Crippen LogP contribution in [0.1, 0.15) is 0 Å². The molecule has 7 heteroatoms. The van der Waals surface area contributed by atoms with E-state index in [9.17, 15) is 17.2 Å². The molecule has 0 spiro atoms. The van der Waals surface area contributed by atoms with Gasteiger partial charge in [0.15, 0.2) is 0 Å². The molecule has 2 aromatic rings. The molecule has 21 heavy (non-hydrogen) atoms. The molecule has 0 fully saturated rings. The fraction of sp³-hybridized carbons (Fsp3) is 0.143. The van der Waals surface area contributed by atoms with E-state index in [2.05, 4.69) is 4.72 Å². The SMILES string of the molecule is O=S(=O)(NCCOc1ccc(F)cc1)c1ccccc1F. The van der Waals surface area contributed by atoms with Crippen LogP contribution in [0.25, 0.3) is 0 Å². The van der Waals surface area contributed by atoms with Gasteiger partial charge in [0.25, 0.3) is 0 Å². The second kappa shape index (κ2) is 6.64. The van der Waals surface area contributed by atoms with Crippen LogP contribution in [-0.4, -0.2) is 21.6 Å². The highest BCUT2D eigenvalue weighted by molar-refractivity contribution is 7.89. The van der Waals surface area contributed by atoms with Crippen molar-refractivity contribution in [1.29, 1.82) is 0 Å². The fourth-order valence-electron chi connectivity index (χ4n) is 1.62. The second-order valence-corrected chi connectivity index (χ2v) is 5.87. The minimum atomic E-state index is -3.92. The van der Waals surface area contributed by atoms with Gasteiger partial charge >= 0.3 is 0 Å². The van der Waals surface area contributed by atoms with E-state index in [1.54, 1.807) is 0 Å². The third-order valence-corrected chi connectivity index (χ3v) is 4.10. The van der Waals surface area contributed by atoms with Gasteiger partial charge in [-0.25, -0.2) is 21.9 Å². The van der Waals surface area contributed by atoms with E-state index >= 15 is 0 Å². The van der Waals surface area contributed by atoms with Gasteiger partial charge in [0.2, 0.25) is 10.0 Å². The standard InChI is InChI=1S/C14H13F2NO3S/c15-11-5-7-12(8-6-11)20-10-9-17-21(18,19)14-4-2-1-3-13(14)16/h1-8,17H,9-10H2. The van der Waals surface area contributed by atoms with Crippen LogP contribution in [0.2, 0.25) is 0 Å². The molecule has 2 rings (SSSR count). The van der Waals surface area contributed by atoms with Crippen LogP contribution in [0, 0.1) is 11.6 Å². The summed E-state index contributed by atoms with van der Waals surface area (Å²) in [6.07, 6.45) is 0. The van der Waals surface area contributed by atoms with Gasteiger partial charge in [-0.2, -0.15) is 0 Å². The van der Waals surface area contributed by atoms with Gasteiger partial charge in [-0.1, -0.05) is 12.1 Å². The maximum absolute atomic E-state index is 13.4. The first kappa shape index (κ1) is 15.4. The molecule has 2 aromatic carbocycles. The zero-order valence-corrected chi connectivity index (χ0v) is 11.7. The summed E-state index contributed by atoms with van der Waals surface area (Å²) in [5.74, 6) is -0.784. The Morgan fingerprint density at radius 3 is 2.33 bits per heavy atom. The molecule has 4 nitrogen and oxygen atoms in total. The summed E-state index contributed by atoms with van der Waals surface area (Å²) in [7, 11) is -3.92. The van der Waals surface area contributed by atoms with Crippen molar-refractivity contribution in [3.8, 4) is 5.75 Å². The van der Waals surface area contributed by atoms with Crippen molar-refractivity contribution in [2.24, 2.45) is 0 Å². The van der Waals surface area contributed by atoms with Crippen molar-refractivity contribution in [3.63, 3.8) is 0 Å². The van der Waals surface area contributed by atoms with Crippen LogP contribution in [0.3, 0.4) is 0 Å². The fourth-order valence-corrected chi connectivity index (χ4v) is 2.71. The summed E-state index contributed by atoms with van der Waals surface area (Å²) >= 11 is 0. The molecule has 0 atom stereocenters. The van der Waals surface area contributed by atoms with E-state index in [0.717, 1.165) is 6.07 Å². The molecule has 0 saturated carbocycles. The van der Waals surface area contributed by atoms with E-state index < -0.39 is 20.7 Å². The zero-order valence-electron chi connectivity index (χ0n) is 10.9. The monoisotopic (exact) mass is 313 g/mol. The lowest BCUT2D eigenvalue weighted by Gasteiger charge is -2.09. The van der Waals surface area contributed by atoms with E-state index in [1.165, 1.54) is 42.5 Å². The predicted molar refractivity (Wildman–Crippen MR) is 73.5 cm³/mol. The first-order chi connectivity index (χ1) is 9.99. The normalized spacial score (nSPS) is 11.3. The largest absolute Gasteiger partial charge is 0.492 e. The van der Waals surface area contributed by atoms with Crippen LogP contribution in [0.5, 0.6) is 5.75 Å². The molecule has 0 radical (unpaired) electrons. The van der Waals surface area contributed by atoms with Crippen LogP contribution in [-0.2, 0) is 10.0 Å². The first-order valence-corrected chi connectivity index (χ1v) is 7.60. The van der Waals surface area contributed by atoms with Gasteiger partial charge in [0.05, 0.1) is 0 Å². The summed E-state index contributed by atoms with van der Waals surface area (Å²) in [5, 5.41) is 0. The number of nitrogens with one attached hydrogen (secondary N) is 1. The molecule has 0 heterocycles. The van der Waals surface area contributed by atoms with Gasteiger partial charge in [-0.15, -0.1) is 0 Å². The van der Waals surface area contributed by atoms with Crippen molar-refractivity contribution in [3.05, 3.63) is 60.2 Å². The number of benzene rings is 2. The summed E-state index contributed by atoms with van der Waals surface area (Å²) in [4.78, 5) is -0.410. The molecule has 0 amide bonds. The van der Waals surface area contributed by atoms with Crippen molar-refractivity contribution < 1.29 is 21.9 Å². The molecular weight excluding hydrogens is 300 g/mol. The lowest BCUT2D eigenvalue weighted by atomic mass is 10.3. The van der Waals surface area contributed by atoms with Gasteiger partial charge in [0.1, 0.15) is 28.9 Å². The average Bonchev–Trinajstić information content (AvgIpc) is 2.46. The molecule has 1 N–H and O–H groups in total. The molecular formula is C14H13F2NO3S. The maximum atomic E-state index is 13.4. The Kier molecular flexibility index (Phi) is 4.87. The van der Waals surface area contributed by atoms with Gasteiger partial charge in [-0.05, 0) is 36.4 Å². The van der Waals surface area contributed by atoms with Gasteiger partial charge in [-0.3, -0.25) is 0 Å². The van der Waals surface area contributed by atoms with Crippen LogP contribution >= 0.6 is 0 Å². The minimum Gasteiger partial charge on any atom is -0.492 e. The number of hydrogen-bond donors (Lipinski definition) is 1. The van der Waals surface area contributed by atoms with E-state index in [0.29, 0.717) is 5.75 Å². The summed E-state index contributed by atoms with van der Waals surface area (Å²) in [6, 6.07) is 10.4. The lowest BCUT2D eigenvalue weighted by Crippen LogP contribution is -2.28. The Hall–Kier alpha value is -1.99. The number of sulfonamides is 1. The minimum absolute atomic E-state index is 0.0337. The predicted octanol–water partition coefficient (Wildman–Crippen LogP) is 2.32. The Morgan fingerprint density at radius 1 is 1.00 bits per heavy atom. The topological polar surface area (TPSA) is 55.4 Å². The van der Waals surface area contributed by atoms with E-state index in [4.69, 9.17) is 4.74 Å². The Bertz CT molecular complexity index is 702. The third-order valence-electron chi connectivity index (χ3n) is 2.60. The maximum Gasteiger partial charge on any atom is 0.243 e. The quantitative estimate of drug-likeness (QED) is 0.833. The zero-order chi connectivity index (χ0) is 15.3. The molecule has 0 saturated heterocycles. The Labute approximate surface area is 121 Å². The second-order valence-electron chi connectivity index (χ2n) is 4.13. The number of ether oxygens (including phenoxy) is 1. The molecule has 0 unspecified atom stereocenters. The molecule has 0 aliphatic carbocycles. The van der Waals surface area contributed by atoms with Crippen molar-refractivity contribution in [1.82, 2.24) is 4.72 Å². The summed E-state index contributed by atoms with van der Waals surface area (Å²) in [5.41, 5.74) is 0. The van der Waals surface area contributed by atoms with Crippen LogP contribution < -0.4 is 9.46 Å².